The quantitative estimate of drug-likeness (QED) is 0.361. The number of piperazine rings is 1. The minimum absolute atomic E-state index is 0.0430. The first-order chi connectivity index (χ1) is 19.5. The topological polar surface area (TPSA) is 96.8 Å². The predicted octanol–water partition coefficient (Wildman–Crippen LogP) is 4.39. The van der Waals surface area contributed by atoms with Crippen molar-refractivity contribution in [3.63, 3.8) is 0 Å². The summed E-state index contributed by atoms with van der Waals surface area (Å²) in [7, 11) is 1.61. The Morgan fingerprint density at radius 3 is 2.44 bits per heavy atom. The van der Waals surface area contributed by atoms with Crippen LogP contribution in [-0.4, -0.2) is 59.6 Å². The van der Waals surface area contributed by atoms with Crippen LogP contribution < -0.4 is 20.5 Å². The van der Waals surface area contributed by atoms with E-state index < -0.39 is 29.8 Å². The summed E-state index contributed by atoms with van der Waals surface area (Å²) in [6.45, 7) is 3.53. The lowest BCUT2D eigenvalue weighted by Crippen LogP contribution is -2.48. The van der Waals surface area contributed by atoms with Gasteiger partial charge in [-0.1, -0.05) is 6.07 Å². The van der Waals surface area contributed by atoms with E-state index in [1.165, 1.54) is 18.5 Å². The summed E-state index contributed by atoms with van der Waals surface area (Å²) in [6, 6.07) is 12.0. The first kappa shape index (κ1) is 28.1. The Morgan fingerprint density at radius 2 is 1.78 bits per heavy atom. The van der Waals surface area contributed by atoms with E-state index in [1.807, 2.05) is 24.3 Å². The molecule has 2 amide bonds. The van der Waals surface area contributed by atoms with Gasteiger partial charge in [-0.15, -0.1) is 11.3 Å². The molecular weight excluding hydrogens is 559 g/mol. The number of hydrogen-bond donors (Lipinski definition) is 1. The van der Waals surface area contributed by atoms with E-state index in [0.717, 1.165) is 39.5 Å². The van der Waals surface area contributed by atoms with Crippen molar-refractivity contribution in [3.8, 4) is 5.75 Å². The third-order valence-electron chi connectivity index (χ3n) is 6.90. The van der Waals surface area contributed by atoms with Crippen molar-refractivity contribution in [1.29, 1.82) is 0 Å². The van der Waals surface area contributed by atoms with Gasteiger partial charge in [-0.05, 0) is 55.0 Å². The highest BCUT2D eigenvalue weighted by Crippen LogP contribution is 2.31. The number of aryl methyl sites for hydroxylation is 1. The molecule has 0 radical (unpaired) electrons. The Labute approximate surface area is 236 Å². The summed E-state index contributed by atoms with van der Waals surface area (Å²) in [5, 5.41) is 2.63. The second-order valence-corrected chi connectivity index (χ2v) is 10.5. The Morgan fingerprint density at radius 1 is 1.07 bits per heavy atom. The van der Waals surface area contributed by atoms with Crippen molar-refractivity contribution in [1.82, 2.24) is 14.5 Å². The molecule has 2 aromatic heterocycles. The van der Waals surface area contributed by atoms with Crippen molar-refractivity contribution in [2.45, 2.75) is 19.6 Å². The largest absolute Gasteiger partial charge is 0.497 e. The third kappa shape index (κ3) is 5.89. The monoisotopic (exact) mass is 585 g/mol. The summed E-state index contributed by atoms with van der Waals surface area (Å²) in [5.41, 5.74) is 0.0733. The van der Waals surface area contributed by atoms with Gasteiger partial charge in [0, 0.05) is 37.6 Å². The van der Waals surface area contributed by atoms with Crippen LogP contribution in [0.25, 0.3) is 10.2 Å². The molecule has 9 nitrogen and oxygen atoms in total. The van der Waals surface area contributed by atoms with E-state index in [1.54, 1.807) is 18.9 Å². The number of rotatable bonds is 6. The number of benzene rings is 2. The second kappa shape index (κ2) is 11.2. The number of amides is 2. The van der Waals surface area contributed by atoms with Gasteiger partial charge in [0.05, 0.1) is 29.3 Å². The molecule has 0 spiro atoms. The molecule has 0 bridgehead atoms. The van der Waals surface area contributed by atoms with Crippen LogP contribution >= 0.6 is 11.3 Å². The lowest BCUT2D eigenvalue weighted by molar-refractivity contribution is -0.137. The zero-order chi connectivity index (χ0) is 29.3. The molecule has 0 saturated carbocycles. The standard InChI is InChI=1S/C28H26F3N5O4S/c1-17-23-25(32-16-36(26(23)38)15-22(37)33-19-5-3-4-18(14-19)28(29,30)31)41-24(17)27(39)35-12-10-34(11-13-35)20-6-8-21(40-2)9-7-20/h3-9,14,16H,10-13,15H2,1-2H3,(H,33,37). The number of nitrogens with one attached hydrogen (secondary N) is 1. The molecule has 1 saturated heterocycles. The van der Waals surface area contributed by atoms with Gasteiger partial charge in [-0.3, -0.25) is 19.0 Å². The van der Waals surface area contributed by atoms with E-state index in [4.69, 9.17) is 4.74 Å². The average molecular weight is 586 g/mol. The van der Waals surface area contributed by atoms with Crippen molar-refractivity contribution in [2.75, 3.05) is 43.5 Å². The first-order valence-electron chi connectivity index (χ1n) is 12.7. The molecular formula is C28H26F3N5O4S. The summed E-state index contributed by atoms with van der Waals surface area (Å²) in [5.74, 6) is -0.105. The Balaban J connectivity index is 1.28. The molecule has 2 aromatic carbocycles. The number of halogens is 3. The average Bonchev–Trinajstić information content (AvgIpc) is 3.30. The van der Waals surface area contributed by atoms with Crippen LogP contribution in [0.2, 0.25) is 0 Å². The highest BCUT2D eigenvalue weighted by Gasteiger charge is 2.31. The molecule has 0 unspecified atom stereocenters. The Kier molecular flexibility index (Phi) is 7.72. The highest BCUT2D eigenvalue weighted by atomic mass is 32.1. The van der Waals surface area contributed by atoms with Crippen LogP contribution in [0.4, 0.5) is 24.5 Å². The SMILES string of the molecule is COc1ccc(N2CCN(C(=O)c3sc4ncn(CC(=O)Nc5cccc(C(F)(F)F)c5)c(=O)c4c3C)CC2)cc1. The third-order valence-corrected chi connectivity index (χ3v) is 8.09. The number of alkyl halides is 3. The number of nitrogens with zero attached hydrogens (tertiary/aromatic N) is 4. The number of aromatic nitrogens is 2. The number of hydrogen-bond acceptors (Lipinski definition) is 7. The van der Waals surface area contributed by atoms with E-state index in [9.17, 15) is 27.6 Å². The van der Waals surface area contributed by atoms with E-state index in [-0.39, 0.29) is 17.0 Å². The van der Waals surface area contributed by atoms with Crippen LogP contribution in [0.1, 0.15) is 20.8 Å². The van der Waals surface area contributed by atoms with Crippen molar-refractivity contribution in [3.05, 3.63) is 81.2 Å². The minimum Gasteiger partial charge on any atom is -0.497 e. The molecule has 5 rings (SSSR count). The van der Waals surface area contributed by atoms with E-state index >= 15 is 0 Å². The second-order valence-electron chi connectivity index (χ2n) is 9.52. The molecule has 214 valence electrons. The smallest absolute Gasteiger partial charge is 0.416 e. The maximum absolute atomic E-state index is 13.4. The van der Waals surface area contributed by atoms with Crippen LogP contribution in [0.15, 0.2) is 59.7 Å². The molecule has 0 atom stereocenters. The number of methoxy groups -OCH3 is 1. The fraction of sp³-hybridized carbons (Fsp3) is 0.286. The first-order valence-corrected chi connectivity index (χ1v) is 13.5. The Hall–Kier alpha value is -4.39. The van der Waals surface area contributed by atoms with Gasteiger partial charge in [-0.2, -0.15) is 13.2 Å². The fourth-order valence-corrected chi connectivity index (χ4v) is 5.82. The van der Waals surface area contributed by atoms with E-state index in [0.29, 0.717) is 41.5 Å². The van der Waals surface area contributed by atoms with Crippen LogP contribution in [-0.2, 0) is 17.5 Å². The van der Waals surface area contributed by atoms with Gasteiger partial charge < -0.3 is 19.9 Å². The van der Waals surface area contributed by atoms with Gasteiger partial charge in [0.1, 0.15) is 17.1 Å². The van der Waals surface area contributed by atoms with Gasteiger partial charge in [0.15, 0.2) is 0 Å². The zero-order valence-corrected chi connectivity index (χ0v) is 23.0. The number of anilines is 2. The summed E-state index contributed by atoms with van der Waals surface area (Å²) in [4.78, 5) is 48.2. The normalized spacial score (nSPS) is 13.9. The Bertz CT molecular complexity index is 1660. The molecule has 41 heavy (non-hydrogen) atoms. The number of fused-ring (bicyclic) bond motifs is 1. The van der Waals surface area contributed by atoms with Crippen molar-refractivity contribution < 1.29 is 27.5 Å². The molecule has 4 aromatic rings. The molecule has 1 fully saturated rings. The van der Waals surface area contributed by atoms with Gasteiger partial charge in [-0.25, -0.2) is 4.98 Å². The van der Waals surface area contributed by atoms with Crippen molar-refractivity contribution >= 4 is 44.7 Å². The lowest BCUT2D eigenvalue weighted by Gasteiger charge is -2.36. The van der Waals surface area contributed by atoms with Crippen LogP contribution in [0, 0.1) is 6.92 Å². The predicted molar refractivity (Wildman–Crippen MR) is 150 cm³/mol. The van der Waals surface area contributed by atoms with Gasteiger partial charge in [0.2, 0.25) is 5.91 Å². The zero-order valence-electron chi connectivity index (χ0n) is 22.2. The lowest BCUT2D eigenvalue weighted by atomic mass is 10.2. The van der Waals surface area contributed by atoms with E-state index in [2.05, 4.69) is 15.2 Å². The number of ether oxygens (including phenoxy) is 1. The highest BCUT2D eigenvalue weighted by molar-refractivity contribution is 7.20. The van der Waals surface area contributed by atoms with Gasteiger partial charge in [0.25, 0.3) is 11.5 Å². The summed E-state index contributed by atoms with van der Waals surface area (Å²) < 4.78 is 45.2. The number of thiophene rings is 1. The maximum Gasteiger partial charge on any atom is 0.416 e. The molecule has 1 aliphatic heterocycles. The fourth-order valence-electron chi connectivity index (χ4n) is 4.71. The molecule has 3 heterocycles. The molecule has 1 N–H and O–H groups in total. The molecule has 13 heteroatoms. The molecule has 1 aliphatic rings. The number of carbonyl (C=O) groups is 2. The summed E-state index contributed by atoms with van der Waals surface area (Å²) in [6.07, 6.45) is -3.35. The summed E-state index contributed by atoms with van der Waals surface area (Å²) >= 11 is 1.12. The molecule has 0 aliphatic carbocycles. The maximum atomic E-state index is 13.4. The van der Waals surface area contributed by atoms with Crippen LogP contribution in [0.3, 0.4) is 0 Å². The number of carbonyl (C=O) groups excluding carboxylic acids is 2. The minimum atomic E-state index is -4.55. The van der Waals surface area contributed by atoms with Crippen LogP contribution in [0.5, 0.6) is 5.75 Å². The van der Waals surface area contributed by atoms with Crippen molar-refractivity contribution in [2.24, 2.45) is 0 Å². The van der Waals surface area contributed by atoms with Gasteiger partial charge >= 0.3 is 6.18 Å².